The molecule has 1 saturated carbocycles. The van der Waals surface area contributed by atoms with Crippen LogP contribution >= 0.6 is 0 Å². The van der Waals surface area contributed by atoms with Crippen molar-refractivity contribution in [2.45, 2.75) is 90.6 Å². The summed E-state index contributed by atoms with van der Waals surface area (Å²) < 4.78 is 0. The molecule has 0 aromatic rings. The van der Waals surface area contributed by atoms with E-state index in [4.69, 9.17) is 0 Å². The molecule has 0 amide bonds. The average molecular weight is 335 g/mol. The van der Waals surface area contributed by atoms with Gasteiger partial charge in [-0.2, -0.15) is 0 Å². The average Bonchev–Trinajstić information content (AvgIpc) is 2.70. The molecule has 0 spiro atoms. The highest BCUT2D eigenvalue weighted by Crippen LogP contribution is 2.49. The third-order valence-electron chi connectivity index (χ3n) is 6.70. The van der Waals surface area contributed by atoms with E-state index in [1.165, 1.54) is 34.4 Å². The number of ketones is 1. The van der Waals surface area contributed by atoms with Crippen molar-refractivity contribution >= 4 is 21.9 Å². The second-order valence-electron chi connectivity index (χ2n) is 9.00. The number of carbonyl (C=O) groups excluding carboxylic acids is 1. The second kappa shape index (κ2) is 5.90. The summed E-state index contributed by atoms with van der Waals surface area (Å²) >= 11 is 0. The van der Waals surface area contributed by atoms with E-state index in [2.05, 4.69) is 53.9 Å². The molecule has 0 aromatic carbocycles. The largest absolute Gasteiger partial charge is 0.290 e. The lowest BCUT2D eigenvalue weighted by Crippen LogP contribution is -2.41. The highest BCUT2D eigenvalue weighted by Gasteiger charge is 2.48. The van der Waals surface area contributed by atoms with Crippen LogP contribution in [0.3, 0.4) is 0 Å². The lowest BCUT2D eigenvalue weighted by atomic mass is 9.92. The van der Waals surface area contributed by atoms with Gasteiger partial charge in [-0.3, -0.25) is 4.79 Å². The summed E-state index contributed by atoms with van der Waals surface area (Å²) in [5.74, 6) is 0.489. The van der Waals surface area contributed by atoms with E-state index >= 15 is 0 Å². The molecular weight excluding hydrogens is 300 g/mol. The van der Waals surface area contributed by atoms with E-state index < -0.39 is 16.1 Å². The quantitative estimate of drug-likeness (QED) is 0.572. The van der Waals surface area contributed by atoms with Crippen molar-refractivity contribution < 1.29 is 4.79 Å². The monoisotopic (exact) mass is 334 g/mol. The van der Waals surface area contributed by atoms with Gasteiger partial charge in [-0.05, 0) is 58.3 Å². The fraction of sp³-hybridized carbons (Fsp3) is 0.737. The van der Waals surface area contributed by atoms with Crippen molar-refractivity contribution in [3.8, 4) is 0 Å². The normalized spacial score (nSPS) is 20.5. The number of hydrogen-bond acceptors (Lipinski definition) is 1. The number of fused-ring (bicyclic) bond motifs is 1. The number of rotatable bonds is 4. The molecule has 3 heteroatoms. The van der Waals surface area contributed by atoms with Crippen molar-refractivity contribution in [3.63, 3.8) is 0 Å². The molecule has 0 aromatic heterocycles. The Bertz CT molecular complexity index is 500. The predicted molar refractivity (Wildman–Crippen MR) is 103 cm³/mol. The van der Waals surface area contributed by atoms with Crippen LogP contribution in [0.25, 0.3) is 0 Å². The molecule has 0 saturated heterocycles. The van der Waals surface area contributed by atoms with Gasteiger partial charge in [0.2, 0.25) is 0 Å². The second-order valence-corrected chi connectivity index (χ2v) is 19.2. The van der Waals surface area contributed by atoms with Crippen molar-refractivity contribution in [2.24, 2.45) is 0 Å². The van der Waals surface area contributed by atoms with Crippen LogP contribution in [0.15, 0.2) is 21.5 Å². The molecule has 1 fully saturated rings. The third kappa shape index (κ3) is 2.64. The summed E-state index contributed by atoms with van der Waals surface area (Å²) in [4.78, 5) is 13.5. The summed E-state index contributed by atoms with van der Waals surface area (Å²) in [6.07, 6.45) is 4.86. The molecule has 0 heterocycles. The number of carbonyl (C=O) groups is 1. The summed E-state index contributed by atoms with van der Waals surface area (Å²) in [5, 5.41) is 2.63. The molecule has 0 unspecified atom stereocenters. The zero-order valence-electron chi connectivity index (χ0n) is 15.9. The first-order valence-corrected chi connectivity index (χ1v) is 15.2. The lowest BCUT2D eigenvalue weighted by molar-refractivity contribution is -0.111. The maximum atomic E-state index is 13.5. The van der Waals surface area contributed by atoms with E-state index in [9.17, 15) is 4.79 Å². The molecule has 1 nitrogen and oxygen atoms in total. The minimum Gasteiger partial charge on any atom is -0.290 e. The maximum absolute atomic E-state index is 13.5. The molecule has 0 radical (unpaired) electrons. The van der Waals surface area contributed by atoms with Crippen LogP contribution in [0.1, 0.15) is 53.4 Å². The zero-order valence-corrected chi connectivity index (χ0v) is 17.9. The Labute approximate surface area is 139 Å². The molecule has 0 N–H and O–H groups in total. The maximum Gasteiger partial charge on any atom is 0.177 e. The topological polar surface area (TPSA) is 17.1 Å². The van der Waals surface area contributed by atoms with Gasteiger partial charge >= 0.3 is 0 Å². The Morgan fingerprint density at radius 3 is 1.32 bits per heavy atom. The molecule has 2 rings (SSSR count). The highest BCUT2D eigenvalue weighted by molar-refractivity contribution is 6.96. The van der Waals surface area contributed by atoms with Gasteiger partial charge in [0.05, 0.1) is 16.1 Å². The fourth-order valence-corrected chi connectivity index (χ4v) is 8.60. The van der Waals surface area contributed by atoms with Gasteiger partial charge in [-0.1, -0.05) is 53.9 Å². The summed E-state index contributed by atoms with van der Waals surface area (Å²) in [6, 6.07) is 0. The van der Waals surface area contributed by atoms with E-state index in [0.717, 1.165) is 12.8 Å². The van der Waals surface area contributed by atoms with Gasteiger partial charge in [0.1, 0.15) is 0 Å². The molecule has 124 valence electrons. The highest BCUT2D eigenvalue weighted by atomic mass is 28.3. The van der Waals surface area contributed by atoms with Gasteiger partial charge in [0, 0.05) is 0 Å². The predicted octanol–water partition coefficient (Wildman–Crippen LogP) is 6.05. The zero-order chi connectivity index (χ0) is 16.9. The van der Waals surface area contributed by atoms with Crippen molar-refractivity contribution in [1.29, 1.82) is 0 Å². The summed E-state index contributed by atoms with van der Waals surface area (Å²) in [5.41, 5.74) is 4.28. The van der Waals surface area contributed by atoms with E-state index in [1.807, 2.05) is 0 Å². The Hall–Kier alpha value is -0.416. The SMILES string of the molecule is CC(C)[Si](C)(C)C1=C2CCCCC2=C([Si](C)(C)C(C)C)C1=O. The lowest BCUT2D eigenvalue weighted by Gasteiger charge is -2.32. The Balaban J connectivity index is 2.61. The van der Waals surface area contributed by atoms with Gasteiger partial charge in [0.25, 0.3) is 0 Å². The van der Waals surface area contributed by atoms with Crippen LogP contribution in [-0.4, -0.2) is 21.9 Å². The number of Topliss-reactive ketones (excluding diaryl/α,β-unsaturated/α-hetero) is 1. The van der Waals surface area contributed by atoms with Crippen molar-refractivity contribution in [3.05, 3.63) is 21.5 Å². The number of hydrogen-bond donors (Lipinski definition) is 0. The van der Waals surface area contributed by atoms with Crippen LogP contribution < -0.4 is 0 Å². The summed E-state index contributed by atoms with van der Waals surface area (Å²) in [6.45, 7) is 18.9. The van der Waals surface area contributed by atoms with Crippen LogP contribution in [0.4, 0.5) is 0 Å². The number of allylic oxidation sites excluding steroid dienone is 4. The molecular formula is C19H34OSi2. The molecule has 2 aliphatic carbocycles. The van der Waals surface area contributed by atoms with Gasteiger partial charge in [-0.25, -0.2) is 0 Å². The van der Waals surface area contributed by atoms with Crippen LogP contribution in [0, 0.1) is 0 Å². The van der Waals surface area contributed by atoms with Crippen molar-refractivity contribution in [2.75, 3.05) is 0 Å². The standard InChI is InChI=1S/C19H34OSi2/c1-13(2)21(5,6)18-15-11-9-10-12-16(15)19(17(18)20)22(7,8)14(3)4/h13-14H,9-12H2,1-8H3. The van der Waals surface area contributed by atoms with Gasteiger partial charge in [0.15, 0.2) is 5.78 Å². The molecule has 0 atom stereocenters. The first kappa shape index (κ1) is 17.9. The fourth-order valence-electron chi connectivity index (χ4n) is 3.80. The molecule has 0 bridgehead atoms. The van der Waals surface area contributed by atoms with Gasteiger partial charge < -0.3 is 0 Å². The molecule has 22 heavy (non-hydrogen) atoms. The minimum atomic E-state index is -1.66. The van der Waals surface area contributed by atoms with E-state index in [0.29, 0.717) is 16.9 Å². The van der Waals surface area contributed by atoms with Crippen LogP contribution in [0.2, 0.25) is 37.3 Å². The molecule has 2 aliphatic rings. The first-order valence-electron chi connectivity index (χ1n) is 9.05. The Morgan fingerprint density at radius 1 is 0.727 bits per heavy atom. The minimum absolute atomic E-state index is 0.489. The van der Waals surface area contributed by atoms with Crippen LogP contribution in [-0.2, 0) is 4.79 Å². The third-order valence-corrected chi connectivity index (χ3v) is 16.1. The van der Waals surface area contributed by atoms with E-state index in [-0.39, 0.29) is 0 Å². The first-order chi connectivity index (χ1) is 10.0. The Kier molecular flexibility index (Phi) is 4.81. The molecule has 0 aliphatic heterocycles. The van der Waals surface area contributed by atoms with Gasteiger partial charge in [-0.15, -0.1) is 0 Å². The van der Waals surface area contributed by atoms with E-state index in [1.54, 1.807) is 0 Å². The Morgan fingerprint density at radius 2 is 1.05 bits per heavy atom. The van der Waals surface area contributed by atoms with Crippen LogP contribution in [0.5, 0.6) is 0 Å². The smallest absolute Gasteiger partial charge is 0.177 e. The summed E-state index contributed by atoms with van der Waals surface area (Å²) in [7, 11) is -3.33. The van der Waals surface area contributed by atoms with Crippen molar-refractivity contribution in [1.82, 2.24) is 0 Å².